The van der Waals surface area contributed by atoms with Crippen molar-refractivity contribution in [3.63, 3.8) is 0 Å². The summed E-state index contributed by atoms with van der Waals surface area (Å²) in [6.07, 6.45) is 3.35. The maximum absolute atomic E-state index is 4.05. The summed E-state index contributed by atoms with van der Waals surface area (Å²) in [6.45, 7) is 2.89. The third-order valence-electron chi connectivity index (χ3n) is 0.978. The lowest BCUT2D eigenvalue weighted by Crippen LogP contribution is -1.98. The highest BCUT2D eigenvalue weighted by molar-refractivity contribution is 9.10. The lowest BCUT2D eigenvalue weighted by Gasteiger charge is -1.98. The van der Waals surface area contributed by atoms with Gasteiger partial charge in [0.25, 0.3) is 0 Å². The molecule has 1 aromatic rings. The minimum Gasteiger partial charge on any atom is -0.369 e. The van der Waals surface area contributed by atoms with Gasteiger partial charge < -0.3 is 5.32 Å². The zero-order chi connectivity index (χ0) is 7.40. The smallest absolute Gasteiger partial charge is 0.144 e. The summed E-state index contributed by atoms with van der Waals surface area (Å²) in [5, 5.41) is 3.04. The van der Waals surface area contributed by atoms with Crippen LogP contribution in [0.3, 0.4) is 0 Å². The summed E-state index contributed by atoms with van der Waals surface area (Å²) < 4.78 is 0.758. The van der Waals surface area contributed by atoms with Gasteiger partial charge in [-0.3, -0.25) is 0 Å². The van der Waals surface area contributed by atoms with Crippen molar-refractivity contribution in [1.29, 1.82) is 0 Å². The van der Waals surface area contributed by atoms with Gasteiger partial charge in [0.05, 0.1) is 12.4 Å². The Labute approximate surface area is 68.0 Å². The van der Waals surface area contributed by atoms with E-state index >= 15 is 0 Å². The van der Waals surface area contributed by atoms with Gasteiger partial charge in [-0.05, 0) is 22.9 Å². The number of hydrogen-bond donors (Lipinski definition) is 1. The molecule has 0 radical (unpaired) electrons. The van der Waals surface area contributed by atoms with Crippen LogP contribution in [0.2, 0.25) is 0 Å². The molecule has 0 unspecified atom stereocenters. The standard InChI is InChI=1S/C6H8BrN3/c1-2-8-6-4-9-5(7)3-10-6/h3-4H,2H2,1H3,(H,8,10). The summed E-state index contributed by atoms with van der Waals surface area (Å²) in [5.41, 5.74) is 0. The number of nitrogens with one attached hydrogen (secondary N) is 1. The predicted molar refractivity (Wildman–Crippen MR) is 43.9 cm³/mol. The van der Waals surface area contributed by atoms with E-state index in [1.165, 1.54) is 0 Å². The van der Waals surface area contributed by atoms with E-state index in [9.17, 15) is 0 Å². The topological polar surface area (TPSA) is 37.8 Å². The molecule has 1 aromatic heterocycles. The molecule has 0 aromatic carbocycles. The van der Waals surface area contributed by atoms with Crippen LogP contribution < -0.4 is 5.32 Å². The van der Waals surface area contributed by atoms with E-state index in [1.54, 1.807) is 12.4 Å². The molecule has 1 heterocycles. The zero-order valence-corrected chi connectivity index (χ0v) is 7.22. The van der Waals surface area contributed by atoms with Gasteiger partial charge in [-0.25, -0.2) is 9.97 Å². The molecule has 0 aliphatic heterocycles. The molecular formula is C6H8BrN3. The second kappa shape index (κ2) is 3.51. The van der Waals surface area contributed by atoms with Gasteiger partial charge >= 0.3 is 0 Å². The molecule has 1 N–H and O–H groups in total. The molecule has 0 amide bonds. The summed E-state index contributed by atoms with van der Waals surface area (Å²) in [6, 6.07) is 0. The molecule has 4 heteroatoms. The second-order valence-corrected chi connectivity index (χ2v) is 2.57. The fraction of sp³-hybridized carbons (Fsp3) is 0.333. The van der Waals surface area contributed by atoms with E-state index in [2.05, 4.69) is 31.2 Å². The summed E-state index contributed by atoms with van der Waals surface area (Å²) >= 11 is 3.20. The third-order valence-corrected chi connectivity index (χ3v) is 1.39. The lowest BCUT2D eigenvalue weighted by atomic mass is 10.6. The van der Waals surface area contributed by atoms with Crippen molar-refractivity contribution in [2.75, 3.05) is 11.9 Å². The molecular weight excluding hydrogens is 194 g/mol. The van der Waals surface area contributed by atoms with Crippen molar-refractivity contribution < 1.29 is 0 Å². The van der Waals surface area contributed by atoms with Gasteiger partial charge in [0, 0.05) is 6.54 Å². The predicted octanol–water partition coefficient (Wildman–Crippen LogP) is 1.67. The average molecular weight is 202 g/mol. The Hall–Kier alpha value is -0.640. The van der Waals surface area contributed by atoms with Crippen LogP contribution in [-0.4, -0.2) is 16.5 Å². The number of hydrogen-bond acceptors (Lipinski definition) is 3. The molecule has 0 atom stereocenters. The van der Waals surface area contributed by atoms with Crippen LogP contribution in [0, 0.1) is 0 Å². The van der Waals surface area contributed by atoms with E-state index in [1.807, 2.05) is 6.92 Å². The van der Waals surface area contributed by atoms with E-state index in [4.69, 9.17) is 0 Å². The minimum atomic E-state index is 0.758. The Morgan fingerprint density at radius 2 is 2.30 bits per heavy atom. The maximum Gasteiger partial charge on any atom is 0.144 e. The third kappa shape index (κ3) is 1.95. The second-order valence-electron chi connectivity index (χ2n) is 1.75. The van der Waals surface area contributed by atoms with Crippen LogP contribution in [0.4, 0.5) is 5.82 Å². The van der Waals surface area contributed by atoms with Crippen LogP contribution in [-0.2, 0) is 0 Å². The van der Waals surface area contributed by atoms with Crippen LogP contribution in [0.5, 0.6) is 0 Å². The van der Waals surface area contributed by atoms with Crippen molar-refractivity contribution in [1.82, 2.24) is 9.97 Å². The first-order valence-electron chi connectivity index (χ1n) is 3.04. The molecule has 10 heavy (non-hydrogen) atoms. The minimum absolute atomic E-state index is 0.758. The Balaban J connectivity index is 2.69. The first-order chi connectivity index (χ1) is 4.83. The van der Waals surface area contributed by atoms with Crippen molar-refractivity contribution in [2.45, 2.75) is 6.92 Å². The highest BCUT2D eigenvalue weighted by Gasteiger charge is 1.90. The van der Waals surface area contributed by atoms with Gasteiger partial charge in [-0.2, -0.15) is 0 Å². The number of nitrogens with zero attached hydrogens (tertiary/aromatic N) is 2. The van der Waals surface area contributed by atoms with Gasteiger partial charge in [0.2, 0.25) is 0 Å². The molecule has 0 aliphatic carbocycles. The maximum atomic E-state index is 4.05. The fourth-order valence-corrected chi connectivity index (χ4v) is 0.789. The van der Waals surface area contributed by atoms with Crippen LogP contribution in [0.15, 0.2) is 17.0 Å². The highest BCUT2D eigenvalue weighted by Crippen LogP contribution is 2.05. The lowest BCUT2D eigenvalue weighted by molar-refractivity contribution is 1.10. The van der Waals surface area contributed by atoms with Crippen molar-refractivity contribution in [3.05, 3.63) is 17.0 Å². The molecule has 0 saturated carbocycles. The average Bonchev–Trinajstić information content (AvgIpc) is 1.95. The van der Waals surface area contributed by atoms with Gasteiger partial charge in [-0.1, -0.05) is 0 Å². The first-order valence-corrected chi connectivity index (χ1v) is 3.83. The Morgan fingerprint density at radius 3 is 2.80 bits per heavy atom. The quantitative estimate of drug-likeness (QED) is 0.792. The SMILES string of the molecule is CCNc1cnc(Br)cn1. The first kappa shape index (κ1) is 7.47. The Morgan fingerprint density at radius 1 is 1.50 bits per heavy atom. The van der Waals surface area contributed by atoms with E-state index in [0.717, 1.165) is 17.0 Å². The number of aromatic nitrogens is 2. The molecule has 54 valence electrons. The van der Waals surface area contributed by atoms with E-state index < -0.39 is 0 Å². The molecule has 0 saturated heterocycles. The van der Waals surface area contributed by atoms with E-state index in [-0.39, 0.29) is 0 Å². The molecule has 0 fully saturated rings. The van der Waals surface area contributed by atoms with Gasteiger partial charge in [0.1, 0.15) is 10.4 Å². The van der Waals surface area contributed by atoms with E-state index in [0.29, 0.717) is 0 Å². The summed E-state index contributed by atoms with van der Waals surface area (Å²) in [4.78, 5) is 8.04. The molecule has 0 spiro atoms. The van der Waals surface area contributed by atoms with Crippen LogP contribution in [0.25, 0.3) is 0 Å². The molecule has 0 bridgehead atoms. The van der Waals surface area contributed by atoms with Crippen LogP contribution in [0.1, 0.15) is 6.92 Å². The Bertz CT molecular complexity index is 197. The normalized spacial score (nSPS) is 9.40. The van der Waals surface area contributed by atoms with Gasteiger partial charge in [0.15, 0.2) is 0 Å². The highest BCUT2D eigenvalue weighted by atomic mass is 79.9. The van der Waals surface area contributed by atoms with Gasteiger partial charge in [-0.15, -0.1) is 0 Å². The number of rotatable bonds is 2. The number of anilines is 1. The molecule has 0 aliphatic rings. The summed E-state index contributed by atoms with van der Waals surface area (Å²) in [7, 11) is 0. The monoisotopic (exact) mass is 201 g/mol. The zero-order valence-electron chi connectivity index (χ0n) is 5.63. The Kier molecular flexibility index (Phi) is 2.62. The van der Waals surface area contributed by atoms with Crippen LogP contribution >= 0.6 is 15.9 Å². The molecule has 1 rings (SSSR count). The van der Waals surface area contributed by atoms with Crippen molar-refractivity contribution in [2.24, 2.45) is 0 Å². The number of halogens is 1. The van der Waals surface area contributed by atoms with Crippen molar-refractivity contribution in [3.8, 4) is 0 Å². The van der Waals surface area contributed by atoms with Crippen molar-refractivity contribution >= 4 is 21.7 Å². The fourth-order valence-electron chi connectivity index (χ4n) is 0.585. The molecule has 3 nitrogen and oxygen atoms in total. The largest absolute Gasteiger partial charge is 0.369 e. The summed E-state index contributed by atoms with van der Waals surface area (Å²) in [5.74, 6) is 0.811.